The average molecular weight is 380 g/mol. The number of aliphatic hydroxyl groups is 1. The van der Waals surface area contributed by atoms with Crippen LogP contribution in [0.4, 0.5) is 4.39 Å². The topological polar surface area (TPSA) is 58.9 Å². The smallest absolute Gasteiger partial charge is 0.178 e. The molecule has 2 N–H and O–H groups in total. The lowest BCUT2D eigenvalue weighted by Crippen LogP contribution is -2.00. The van der Waals surface area contributed by atoms with Gasteiger partial charge in [-0.3, -0.25) is 9.78 Å². The highest BCUT2D eigenvalue weighted by Gasteiger charge is 2.11. The van der Waals surface area contributed by atoms with E-state index in [1.54, 1.807) is 36.4 Å². The predicted molar refractivity (Wildman–Crippen MR) is 106 cm³/mol. The van der Waals surface area contributed by atoms with Gasteiger partial charge in [-0.15, -0.1) is 0 Å². The molecule has 0 heterocycles. The average Bonchev–Trinajstić information content (AvgIpc) is 2.73. The summed E-state index contributed by atoms with van der Waals surface area (Å²) in [6.45, 7) is 4.53. The molecule has 0 spiro atoms. The molecule has 144 valence electrons. The van der Waals surface area contributed by atoms with Gasteiger partial charge in [0.2, 0.25) is 0 Å². The molecular formula is C23H21FO4. The lowest BCUT2D eigenvalue weighted by atomic mass is 9.91. The van der Waals surface area contributed by atoms with Crippen LogP contribution in [0.25, 0.3) is 22.3 Å². The number of aromatic hydroxyl groups is 1. The summed E-state index contributed by atoms with van der Waals surface area (Å²) in [7, 11) is 0. The SMILES string of the molecule is C=C(CO)OOc1ccc(-c2cc(CF)c(-c3ccc(O)cc3)cc2C)cc1. The molecule has 0 radical (unpaired) electrons. The standard InChI is InChI=1S/C23H21FO4/c1-15-11-23(18-3-7-20(26)8-4-18)19(13-24)12-22(15)17-5-9-21(10-6-17)28-27-16(2)14-25/h3-12,25-26H,2,13-14H2,1H3. The third-order valence-corrected chi connectivity index (χ3v) is 4.37. The van der Waals surface area contributed by atoms with Crippen molar-refractivity contribution in [2.24, 2.45) is 0 Å². The minimum Gasteiger partial charge on any atom is -0.508 e. The fraction of sp³-hybridized carbons (Fsp3) is 0.130. The van der Waals surface area contributed by atoms with Gasteiger partial charge in [-0.25, -0.2) is 4.39 Å². The van der Waals surface area contributed by atoms with Crippen LogP contribution in [0.1, 0.15) is 11.1 Å². The van der Waals surface area contributed by atoms with Crippen molar-refractivity contribution in [1.82, 2.24) is 0 Å². The fourth-order valence-corrected chi connectivity index (χ4v) is 2.91. The van der Waals surface area contributed by atoms with E-state index in [1.165, 1.54) is 0 Å². The first-order chi connectivity index (χ1) is 13.5. The molecule has 0 atom stereocenters. The van der Waals surface area contributed by atoms with E-state index in [4.69, 9.17) is 14.9 Å². The molecule has 0 aromatic heterocycles. The Labute approximate surface area is 163 Å². The van der Waals surface area contributed by atoms with Crippen molar-refractivity contribution in [3.63, 3.8) is 0 Å². The van der Waals surface area contributed by atoms with E-state index in [0.29, 0.717) is 11.3 Å². The Morgan fingerprint density at radius 3 is 2.18 bits per heavy atom. The van der Waals surface area contributed by atoms with Gasteiger partial charge in [0.25, 0.3) is 0 Å². The van der Waals surface area contributed by atoms with Gasteiger partial charge >= 0.3 is 0 Å². The van der Waals surface area contributed by atoms with E-state index >= 15 is 0 Å². The summed E-state index contributed by atoms with van der Waals surface area (Å²) in [6.07, 6.45) is 0. The second kappa shape index (κ2) is 8.59. The molecule has 0 unspecified atom stereocenters. The maximum atomic E-state index is 13.7. The molecule has 0 bridgehead atoms. The Bertz CT molecular complexity index is 963. The zero-order chi connectivity index (χ0) is 20.1. The largest absolute Gasteiger partial charge is 0.508 e. The Morgan fingerprint density at radius 1 is 0.964 bits per heavy atom. The molecule has 3 aromatic carbocycles. The van der Waals surface area contributed by atoms with Crippen molar-refractivity contribution >= 4 is 0 Å². The molecule has 0 aliphatic heterocycles. The van der Waals surface area contributed by atoms with E-state index in [1.807, 2.05) is 31.2 Å². The monoisotopic (exact) mass is 380 g/mol. The molecule has 3 rings (SSSR count). The number of hydrogen-bond donors (Lipinski definition) is 2. The van der Waals surface area contributed by atoms with Crippen LogP contribution in [-0.2, 0) is 11.6 Å². The van der Waals surface area contributed by atoms with Gasteiger partial charge in [-0.05, 0) is 70.6 Å². The molecule has 0 fully saturated rings. The molecule has 4 nitrogen and oxygen atoms in total. The molecule has 0 amide bonds. The Hall–Kier alpha value is -3.31. The van der Waals surface area contributed by atoms with Crippen molar-refractivity contribution in [1.29, 1.82) is 0 Å². The highest BCUT2D eigenvalue weighted by atomic mass is 19.1. The summed E-state index contributed by atoms with van der Waals surface area (Å²) < 4.78 is 13.7. The number of aryl methyl sites for hydroxylation is 1. The van der Waals surface area contributed by atoms with Crippen molar-refractivity contribution < 1.29 is 24.4 Å². The number of phenols is 1. The molecule has 3 aromatic rings. The van der Waals surface area contributed by atoms with E-state index in [2.05, 4.69) is 6.58 Å². The zero-order valence-corrected chi connectivity index (χ0v) is 15.5. The normalized spacial score (nSPS) is 10.5. The maximum Gasteiger partial charge on any atom is 0.178 e. The second-order valence-electron chi connectivity index (χ2n) is 6.39. The minimum atomic E-state index is -0.595. The first-order valence-corrected chi connectivity index (χ1v) is 8.74. The minimum absolute atomic E-state index is 0.109. The van der Waals surface area contributed by atoms with Gasteiger partial charge in [0.1, 0.15) is 19.0 Å². The number of halogens is 1. The summed E-state index contributed by atoms with van der Waals surface area (Å²) in [5, 5.41) is 18.3. The van der Waals surface area contributed by atoms with E-state index in [9.17, 15) is 9.50 Å². The summed E-state index contributed by atoms with van der Waals surface area (Å²) in [5.74, 6) is 0.743. The molecular weight excluding hydrogens is 359 g/mol. The summed E-state index contributed by atoms with van der Waals surface area (Å²) >= 11 is 0. The van der Waals surface area contributed by atoms with Crippen LogP contribution >= 0.6 is 0 Å². The van der Waals surface area contributed by atoms with Crippen LogP contribution in [0.15, 0.2) is 73.0 Å². The van der Waals surface area contributed by atoms with Gasteiger partial charge < -0.3 is 10.2 Å². The number of alkyl halides is 1. The Morgan fingerprint density at radius 2 is 1.57 bits per heavy atom. The third-order valence-electron chi connectivity index (χ3n) is 4.37. The van der Waals surface area contributed by atoms with Crippen molar-refractivity contribution in [3.05, 3.63) is 84.1 Å². The van der Waals surface area contributed by atoms with Crippen molar-refractivity contribution in [2.75, 3.05) is 6.61 Å². The van der Waals surface area contributed by atoms with E-state index in [-0.39, 0.29) is 18.1 Å². The van der Waals surface area contributed by atoms with E-state index < -0.39 is 6.67 Å². The molecule has 0 aliphatic rings. The van der Waals surface area contributed by atoms with Crippen LogP contribution in [0.5, 0.6) is 11.5 Å². The summed E-state index contributed by atoms with van der Waals surface area (Å²) in [6, 6.07) is 17.7. The molecule has 0 saturated heterocycles. The van der Waals surface area contributed by atoms with Gasteiger partial charge in [0.05, 0.1) is 0 Å². The molecule has 5 heteroatoms. The maximum absolute atomic E-state index is 13.7. The lowest BCUT2D eigenvalue weighted by Gasteiger charge is -2.14. The Kier molecular flexibility index (Phi) is 5.96. The number of rotatable bonds is 7. The van der Waals surface area contributed by atoms with Gasteiger partial charge in [0.15, 0.2) is 11.5 Å². The zero-order valence-electron chi connectivity index (χ0n) is 15.5. The number of aliphatic hydroxyl groups excluding tert-OH is 1. The van der Waals surface area contributed by atoms with Gasteiger partial charge in [-0.2, -0.15) is 0 Å². The number of benzene rings is 3. The van der Waals surface area contributed by atoms with Crippen LogP contribution in [0.2, 0.25) is 0 Å². The molecule has 0 aliphatic carbocycles. The number of phenolic OH excluding ortho intramolecular Hbond substituents is 1. The van der Waals surface area contributed by atoms with Crippen LogP contribution in [-0.4, -0.2) is 16.8 Å². The summed E-state index contributed by atoms with van der Waals surface area (Å²) in [4.78, 5) is 9.92. The van der Waals surface area contributed by atoms with Crippen LogP contribution < -0.4 is 4.89 Å². The highest BCUT2D eigenvalue weighted by molar-refractivity contribution is 5.77. The second-order valence-corrected chi connectivity index (χ2v) is 6.39. The lowest BCUT2D eigenvalue weighted by molar-refractivity contribution is -0.172. The van der Waals surface area contributed by atoms with Crippen LogP contribution in [0.3, 0.4) is 0 Å². The highest BCUT2D eigenvalue weighted by Crippen LogP contribution is 2.34. The van der Waals surface area contributed by atoms with Crippen LogP contribution in [0, 0.1) is 6.92 Å². The van der Waals surface area contributed by atoms with Crippen molar-refractivity contribution in [2.45, 2.75) is 13.6 Å². The first kappa shape index (κ1) is 19.5. The third kappa shape index (κ3) is 4.32. The molecule has 28 heavy (non-hydrogen) atoms. The summed E-state index contributed by atoms with van der Waals surface area (Å²) in [5.41, 5.74) is 5.07. The molecule has 0 saturated carbocycles. The first-order valence-electron chi connectivity index (χ1n) is 8.74. The van der Waals surface area contributed by atoms with E-state index in [0.717, 1.165) is 27.8 Å². The Balaban J connectivity index is 1.90. The predicted octanol–water partition coefficient (Wildman–Crippen LogP) is 5.32. The van der Waals surface area contributed by atoms with Gasteiger partial charge in [-0.1, -0.05) is 36.9 Å². The number of hydrogen-bond acceptors (Lipinski definition) is 4. The quantitative estimate of drug-likeness (QED) is 0.331. The fourth-order valence-electron chi connectivity index (χ4n) is 2.91. The van der Waals surface area contributed by atoms with Crippen molar-refractivity contribution in [3.8, 4) is 33.8 Å². The van der Waals surface area contributed by atoms with Gasteiger partial charge in [0, 0.05) is 0 Å².